The number of rotatable bonds is 3. The minimum Gasteiger partial charge on any atom is -0.370 e. The van der Waals surface area contributed by atoms with Gasteiger partial charge in [0, 0.05) is 6.04 Å². The van der Waals surface area contributed by atoms with Crippen molar-refractivity contribution in [3.63, 3.8) is 0 Å². The van der Waals surface area contributed by atoms with Crippen LogP contribution in [0.5, 0.6) is 0 Å². The van der Waals surface area contributed by atoms with Gasteiger partial charge in [0.25, 0.3) is 0 Å². The Balaban J connectivity index is 0.00000256. The van der Waals surface area contributed by atoms with Crippen LogP contribution in [-0.2, 0) is 0 Å². The number of halogens is 4. The highest BCUT2D eigenvalue weighted by atomic mass is 127. The zero-order valence-corrected chi connectivity index (χ0v) is 11.9. The van der Waals surface area contributed by atoms with Gasteiger partial charge in [-0.05, 0) is 12.8 Å². The highest BCUT2D eigenvalue weighted by molar-refractivity contribution is 14.0. The van der Waals surface area contributed by atoms with Crippen LogP contribution in [0, 0.1) is 0 Å². The van der Waals surface area contributed by atoms with Crippen molar-refractivity contribution in [1.29, 1.82) is 0 Å². The molecule has 1 fully saturated rings. The normalized spacial score (nSPS) is 18.6. The lowest BCUT2D eigenvalue weighted by atomic mass is 9.96. The van der Waals surface area contributed by atoms with Gasteiger partial charge < -0.3 is 11.1 Å². The SMILES string of the molecule is I.NC(=NCCC(F)(F)F)NC1CCCCC1. The summed E-state index contributed by atoms with van der Waals surface area (Å²) in [7, 11) is 0. The lowest BCUT2D eigenvalue weighted by Crippen LogP contribution is -2.41. The first kappa shape index (κ1) is 16.8. The molecule has 0 aromatic heterocycles. The van der Waals surface area contributed by atoms with Gasteiger partial charge in [0.15, 0.2) is 5.96 Å². The van der Waals surface area contributed by atoms with Crippen LogP contribution in [0.3, 0.4) is 0 Å². The number of nitrogens with zero attached hydrogens (tertiary/aromatic N) is 1. The highest BCUT2D eigenvalue weighted by Crippen LogP contribution is 2.19. The maximum absolute atomic E-state index is 11.8. The first-order chi connectivity index (χ1) is 7.47. The predicted molar refractivity (Wildman–Crippen MR) is 72.6 cm³/mol. The van der Waals surface area contributed by atoms with Crippen molar-refractivity contribution in [2.24, 2.45) is 10.7 Å². The second kappa shape index (κ2) is 7.99. The summed E-state index contributed by atoms with van der Waals surface area (Å²) >= 11 is 0. The fraction of sp³-hybridized carbons (Fsp3) is 0.900. The third-order valence-corrected chi connectivity index (χ3v) is 2.63. The fourth-order valence-electron chi connectivity index (χ4n) is 1.80. The Morgan fingerprint density at radius 2 is 1.82 bits per heavy atom. The van der Waals surface area contributed by atoms with E-state index in [1.807, 2.05) is 0 Å². The largest absolute Gasteiger partial charge is 0.390 e. The second-order valence-corrected chi connectivity index (χ2v) is 4.11. The van der Waals surface area contributed by atoms with E-state index in [4.69, 9.17) is 5.73 Å². The number of nitrogens with two attached hydrogens (primary N) is 1. The summed E-state index contributed by atoms with van der Waals surface area (Å²) in [4.78, 5) is 3.67. The molecule has 1 saturated carbocycles. The Hall–Kier alpha value is -0.210. The molecule has 102 valence electrons. The number of hydrogen-bond donors (Lipinski definition) is 2. The summed E-state index contributed by atoms with van der Waals surface area (Å²) < 4.78 is 35.5. The summed E-state index contributed by atoms with van der Waals surface area (Å²) in [6.07, 6.45) is 0.490. The summed E-state index contributed by atoms with van der Waals surface area (Å²) in [5.41, 5.74) is 5.51. The Labute approximate surface area is 116 Å². The third kappa shape index (κ3) is 8.50. The first-order valence-corrected chi connectivity index (χ1v) is 5.60. The van der Waals surface area contributed by atoms with Crippen LogP contribution in [0.1, 0.15) is 38.5 Å². The number of hydrogen-bond acceptors (Lipinski definition) is 1. The smallest absolute Gasteiger partial charge is 0.370 e. The molecule has 7 heteroatoms. The van der Waals surface area contributed by atoms with E-state index in [9.17, 15) is 13.2 Å². The van der Waals surface area contributed by atoms with Gasteiger partial charge >= 0.3 is 6.18 Å². The van der Waals surface area contributed by atoms with Gasteiger partial charge in [-0.1, -0.05) is 19.3 Å². The summed E-state index contributed by atoms with van der Waals surface area (Å²) in [6, 6.07) is 0.281. The third-order valence-electron chi connectivity index (χ3n) is 2.63. The van der Waals surface area contributed by atoms with Crippen molar-refractivity contribution in [3.8, 4) is 0 Å². The van der Waals surface area contributed by atoms with Gasteiger partial charge in [-0.15, -0.1) is 24.0 Å². The molecule has 1 aliphatic rings. The van der Waals surface area contributed by atoms with Crippen LogP contribution in [0.4, 0.5) is 13.2 Å². The van der Waals surface area contributed by atoms with Crippen LogP contribution in [0.15, 0.2) is 4.99 Å². The molecular formula is C10H19F3IN3. The zero-order valence-electron chi connectivity index (χ0n) is 9.59. The average Bonchev–Trinajstić information content (AvgIpc) is 2.17. The van der Waals surface area contributed by atoms with Crippen molar-refractivity contribution in [2.45, 2.75) is 50.7 Å². The van der Waals surface area contributed by atoms with Crippen LogP contribution < -0.4 is 11.1 Å². The van der Waals surface area contributed by atoms with Crippen molar-refractivity contribution in [3.05, 3.63) is 0 Å². The van der Waals surface area contributed by atoms with E-state index >= 15 is 0 Å². The van der Waals surface area contributed by atoms with Crippen molar-refractivity contribution in [2.75, 3.05) is 6.54 Å². The molecule has 0 aromatic carbocycles. The molecule has 3 nitrogen and oxygen atoms in total. The van der Waals surface area contributed by atoms with Crippen LogP contribution >= 0.6 is 24.0 Å². The Morgan fingerprint density at radius 3 is 2.35 bits per heavy atom. The number of guanidine groups is 1. The molecule has 0 bridgehead atoms. The molecule has 3 N–H and O–H groups in total. The fourth-order valence-corrected chi connectivity index (χ4v) is 1.80. The molecule has 0 radical (unpaired) electrons. The summed E-state index contributed by atoms with van der Waals surface area (Å²) in [5.74, 6) is 0.135. The molecular weight excluding hydrogens is 346 g/mol. The molecule has 0 aromatic rings. The van der Waals surface area contributed by atoms with Gasteiger partial charge in [-0.2, -0.15) is 13.2 Å². The van der Waals surface area contributed by atoms with E-state index in [-0.39, 0.29) is 42.5 Å². The van der Waals surface area contributed by atoms with Crippen molar-refractivity contribution in [1.82, 2.24) is 5.32 Å². The average molecular weight is 365 g/mol. The predicted octanol–water partition coefficient (Wildman–Crippen LogP) is 2.79. The van der Waals surface area contributed by atoms with E-state index in [0.29, 0.717) is 0 Å². The molecule has 0 aliphatic heterocycles. The van der Waals surface area contributed by atoms with Crippen LogP contribution in [-0.4, -0.2) is 24.7 Å². The molecule has 1 aliphatic carbocycles. The molecule has 0 unspecified atom stereocenters. The van der Waals surface area contributed by atoms with Gasteiger partial charge in [0.05, 0.1) is 13.0 Å². The van der Waals surface area contributed by atoms with Gasteiger partial charge in [-0.3, -0.25) is 4.99 Å². The van der Waals surface area contributed by atoms with E-state index in [1.165, 1.54) is 6.42 Å². The van der Waals surface area contributed by atoms with Crippen LogP contribution in [0.2, 0.25) is 0 Å². The molecule has 0 heterocycles. The van der Waals surface area contributed by atoms with Gasteiger partial charge in [-0.25, -0.2) is 0 Å². The Kier molecular flexibility index (Phi) is 7.89. The number of aliphatic imine (C=N–C) groups is 1. The highest BCUT2D eigenvalue weighted by Gasteiger charge is 2.26. The lowest BCUT2D eigenvalue weighted by molar-refractivity contribution is -0.132. The topological polar surface area (TPSA) is 50.4 Å². The van der Waals surface area contributed by atoms with Crippen molar-refractivity contribution < 1.29 is 13.2 Å². The van der Waals surface area contributed by atoms with Crippen molar-refractivity contribution >= 4 is 29.9 Å². The van der Waals surface area contributed by atoms with E-state index < -0.39 is 12.6 Å². The molecule has 17 heavy (non-hydrogen) atoms. The maximum Gasteiger partial charge on any atom is 0.390 e. The Bertz CT molecular complexity index is 237. The number of nitrogens with one attached hydrogen (secondary N) is 1. The molecule has 0 saturated heterocycles. The zero-order chi connectivity index (χ0) is 12.0. The minimum absolute atomic E-state index is 0. The first-order valence-electron chi connectivity index (χ1n) is 5.60. The monoisotopic (exact) mass is 365 g/mol. The van der Waals surface area contributed by atoms with Gasteiger partial charge in [0.2, 0.25) is 0 Å². The second-order valence-electron chi connectivity index (χ2n) is 4.11. The van der Waals surface area contributed by atoms with Gasteiger partial charge in [0.1, 0.15) is 0 Å². The summed E-state index contributed by atoms with van der Waals surface area (Å²) in [6.45, 7) is -0.297. The quantitative estimate of drug-likeness (QED) is 0.459. The molecule has 0 atom stereocenters. The van der Waals surface area contributed by atoms with Crippen LogP contribution in [0.25, 0.3) is 0 Å². The van der Waals surface area contributed by atoms with E-state index in [0.717, 1.165) is 25.7 Å². The number of alkyl halides is 3. The van der Waals surface area contributed by atoms with E-state index in [2.05, 4.69) is 10.3 Å². The molecule has 1 rings (SSSR count). The minimum atomic E-state index is -4.16. The maximum atomic E-state index is 11.8. The Morgan fingerprint density at radius 1 is 1.24 bits per heavy atom. The molecule has 0 spiro atoms. The summed E-state index contributed by atoms with van der Waals surface area (Å²) in [5, 5.41) is 2.97. The lowest BCUT2D eigenvalue weighted by Gasteiger charge is -2.23. The van der Waals surface area contributed by atoms with E-state index in [1.54, 1.807) is 0 Å². The standard InChI is InChI=1S/C10H18F3N3.HI/c11-10(12,13)6-7-15-9(14)16-8-4-2-1-3-5-8;/h8H,1-7H2,(H3,14,15,16);1H. The molecule has 0 amide bonds.